The van der Waals surface area contributed by atoms with E-state index in [0.29, 0.717) is 6.42 Å². The van der Waals surface area contributed by atoms with E-state index in [0.717, 1.165) is 22.5 Å². The molecule has 0 amide bonds. The van der Waals surface area contributed by atoms with Gasteiger partial charge in [0.15, 0.2) is 0 Å². The zero-order chi connectivity index (χ0) is 17.5. The molecule has 0 aromatic heterocycles. The zero-order valence-electron chi connectivity index (χ0n) is 15.6. The molecule has 1 aliphatic carbocycles. The third-order valence-electron chi connectivity index (χ3n) is 4.67. The Labute approximate surface area is 148 Å². The van der Waals surface area contributed by atoms with Gasteiger partial charge in [-0.25, -0.2) is 0 Å². The molecule has 6 heteroatoms. The first-order valence-corrected chi connectivity index (χ1v) is 24.9. The van der Waals surface area contributed by atoms with Gasteiger partial charge in [-0.15, -0.1) is 0 Å². The Hall–Kier alpha value is 0.716. The Kier molecular flexibility index (Phi) is 8.91. The van der Waals surface area contributed by atoms with E-state index in [-0.39, 0.29) is 18.3 Å². The van der Waals surface area contributed by atoms with Crippen LogP contribution in [0.25, 0.3) is 0 Å². The van der Waals surface area contributed by atoms with Crippen molar-refractivity contribution in [1.82, 2.24) is 0 Å². The van der Waals surface area contributed by atoms with Crippen LogP contribution in [0.1, 0.15) is 67.2 Å². The molecule has 1 rings (SSSR count). The van der Waals surface area contributed by atoms with E-state index in [9.17, 15) is 3.50 Å². The molecule has 23 heavy (non-hydrogen) atoms. The van der Waals surface area contributed by atoms with Crippen LogP contribution in [0.2, 0.25) is 0 Å². The fraction of sp³-hybridized carbons (Fsp3) is 0.765. The van der Waals surface area contributed by atoms with Crippen molar-refractivity contribution in [3.8, 4) is 0 Å². The van der Waals surface area contributed by atoms with Gasteiger partial charge in [-0.1, -0.05) is 0 Å². The van der Waals surface area contributed by atoms with Crippen LogP contribution in [0.4, 0.5) is 3.50 Å². The van der Waals surface area contributed by atoms with E-state index in [4.69, 9.17) is 8.44 Å². The van der Waals surface area contributed by atoms with E-state index in [1.807, 2.05) is 32.9 Å². The molecule has 0 radical (unpaired) electrons. The van der Waals surface area contributed by atoms with Gasteiger partial charge in [0.2, 0.25) is 0 Å². The summed E-state index contributed by atoms with van der Waals surface area (Å²) in [7, 11) is 0. The second-order valence-corrected chi connectivity index (χ2v) is 34.8. The van der Waals surface area contributed by atoms with Gasteiger partial charge >= 0.3 is 149 Å². The first-order valence-electron chi connectivity index (χ1n) is 8.99. The maximum atomic E-state index is 14.9. The molecule has 0 N–H and O–H groups in total. The molecule has 0 saturated heterocycles. The van der Waals surface area contributed by atoms with Crippen molar-refractivity contribution in [1.29, 1.82) is 0 Å². The standard InChI is InChI=1S/C5H5.3C4H9O.FGeH2.Zr/c1-2-4-5-3-1;3*1-3-4(2)5;1-2;/h1-3H,4H2;3*4H,3H2,1-2H3;2H2;/q;3*-1;;+3. The summed E-state index contributed by atoms with van der Waals surface area (Å²) < 4.78 is 35.5. The normalized spacial score (nSPS) is 21.2. The number of allylic oxidation sites excluding steroid dienone is 4. The van der Waals surface area contributed by atoms with E-state index in [1.54, 1.807) is 0 Å². The van der Waals surface area contributed by atoms with Crippen molar-refractivity contribution < 1.29 is 29.5 Å². The fourth-order valence-electron chi connectivity index (χ4n) is 2.77. The molecule has 0 aliphatic heterocycles. The minimum atomic E-state index is -4.94. The van der Waals surface area contributed by atoms with Crippen molar-refractivity contribution in [3.63, 3.8) is 0 Å². The summed E-state index contributed by atoms with van der Waals surface area (Å²) in [6, 6.07) is 0. The Bertz CT molecular complexity index is 408. The molecule has 3 unspecified atom stereocenters. The van der Waals surface area contributed by atoms with E-state index in [1.165, 1.54) is 0 Å². The molecule has 0 fully saturated rings. The maximum absolute atomic E-state index is 14.9. The predicted molar refractivity (Wildman–Crippen MR) is 94.0 cm³/mol. The van der Waals surface area contributed by atoms with Gasteiger partial charge in [-0.3, -0.25) is 0 Å². The first kappa shape index (κ1) is 21.8. The summed E-state index contributed by atoms with van der Waals surface area (Å²) in [6.07, 6.45) is 9.13. The van der Waals surface area contributed by atoms with Gasteiger partial charge in [-0.2, -0.15) is 0 Å². The van der Waals surface area contributed by atoms with Crippen molar-refractivity contribution in [2.24, 2.45) is 0 Å². The van der Waals surface area contributed by atoms with Gasteiger partial charge in [-0.05, 0) is 0 Å². The molecular weight excluding hydrogens is 435 g/mol. The van der Waals surface area contributed by atoms with Gasteiger partial charge in [0.25, 0.3) is 0 Å². The molecule has 0 spiro atoms. The molecule has 0 saturated carbocycles. The molecule has 1 aliphatic rings. The number of rotatable bonds is 11. The summed E-state index contributed by atoms with van der Waals surface area (Å²) in [5.74, 6) is 0. The van der Waals surface area contributed by atoms with Gasteiger partial charge < -0.3 is 0 Å². The van der Waals surface area contributed by atoms with Crippen LogP contribution in [0.3, 0.4) is 0 Å². The Balaban J connectivity index is 3.40. The van der Waals surface area contributed by atoms with Crippen LogP contribution in [0, 0.1) is 0 Å². The average Bonchev–Trinajstić information content (AvgIpc) is 3.10. The molecule has 3 nitrogen and oxygen atoms in total. The molecular formula is C17H34FGeO3Zr. The van der Waals surface area contributed by atoms with E-state index >= 15 is 0 Å². The third-order valence-corrected chi connectivity index (χ3v) is 33.8. The van der Waals surface area contributed by atoms with E-state index in [2.05, 4.69) is 26.8 Å². The van der Waals surface area contributed by atoms with Crippen molar-refractivity contribution in [3.05, 3.63) is 21.5 Å². The third kappa shape index (κ3) is 5.10. The second-order valence-electron chi connectivity index (χ2n) is 6.63. The molecule has 0 bridgehead atoms. The minimum absolute atomic E-state index is 0.0448. The van der Waals surface area contributed by atoms with E-state index < -0.39 is 29.7 Å². The number of hydrogen-bond donors (Lipinski definition) is 0. The Morgan fingerprint density at radius 2 is 1.43 bits per heavy atom. The monoisotopic (exact) mass is 469 g/mol. The summed E-state index contributed by atoms with van der Waals surface area (Å²) in [5, 5.41) is 0. The van der Waals surface area contributed by atoms with Crippen LogP contribution in [0.5, 0.6) is 0 Å². The van der Waals surface area contributed by atoms with Crippen LogP contribution >= 0.6 is 0 Å². The molecule has 0 aromatic rings. The molecule has 0 heterocycles. The number of hydrogen-bond acceptors (Lipinski definition) is 3. The van der Waals surface area contributed by atoms with Gasteiger partial charge in [0.1, 0.15) is 0 Å². The number of halogens is 1. The first-order chi connectivity index (χ1) is 10.8. The topological polar surface area (TPSA) is 27.7 Å². The molecule has 135 valence electrons. The zero-order valence-corrected chi connectivity index (χ0v) is 21.0. The van der Waals surface area contributed by atoms with Crippen molar-refractivity contribution in [2.45, 2.75) is 85.5 Å². The predicted octanol–water partition coefficient (Wildman–Crippen LogP) is 4.68. The van der Waals surface area contributed by atoms with Crippen molar-refractivity contribution >= 4 is 12.1 Å². The van der Waals surface area contributed by atoms with Crippen molar-refractivity contribution in [2.75, 3.05) is 0 Å². The SMILES string of the molecule is CCC(C)[O][Zr]([O]C(C)CC)([O]C(C)CC)([GeH2][F])[C]1=CC=CC1. The summed E-state index contributed by atoms with van der Waals surface area (Å²) in [4.78, 5) is 0. The summed E-state index contributed by atoms with van der Waals surface area (Å²) in [6.45, 7) is 12.2. The Morgan fingerprint density at radius 1 is 1.00 bits per heavy atom. The molecule has 0 aromatic carbocycles. The van der Waals surface area contributed by atoms with Crippen LogP contribution in [-0.2, 0) is 26.0 Å². The quantitative estimate of drug-likeness (QED) is 0.412. The van der Waals surface area contributed by atoms with Gasteiger partial charge in [0, 0.05) is 0 Å². The second kappa shape index (κ2) is 9.42. The van der Waals surface area contributed by atoms with Crippen LogP contribution < -0.4 is 0 Å². The van der Waals surface area contributed by atoms with Crippen LogP contribution in [-0.4, -0.2) is 30.4 Å². The van der Waals surface area contributed by atoms with Crippen LogP contribution in [0.15, 0.2) is 21.5 Å². The molecule has 3 atom stereocenters. The fourth-order valence-corrected chi connectivity index (χ4v) is 33.0. The Morgan fingerprint density at radius 3 is 1.70 bits per heavy atom. The average molecular weight is 469 g/mol. The summed E-state index contributed by atoms with van der Waals surface area (Å²) >= 11 is -7.59. The van der Waals surface area contributed by atoms with Gasteiger partial charge in [0.05, 0.1) is 0 Å². The summed E-state index contributed by atoms with van der Waals surface area (Å²) in [5.41, 5.74) is 0.